The summed E-state index contributed by atoms with van der Waals surface area (Å²) in [6, 6.07) is 2.40. The van der Waals surface area contributed by atoms with E-state index in [4.69, 9.17) is 0 Å². The summed E-state index contributed by atoms with van der Waals surface area (Å²) in [4.78, 5) is 22.9. The summed E-state index contributed by atoms with van der Waals surface area (Å²) in [5.41, 5.74) is -0.247. The van der Waals surface area contributed by atoms with Gasteiger partial charge in [0.1, 0.15) is 5.25 Å². The van der Waals surface area contributed by atoms with Crippen LogP contribution in [0.5, 0.6) is 0 Å². The van der Waals surface area contributed by atoms with Gasteiger partial charge in [-0.25, -0.2) is 17.2 Å². The number of carbonyl (C=O) groups excluding carboxylic acids is 2. The van der Waals surface area contributed by atoms with E-state index in [0.29, 0.717) is 6.07 Å². The lowest BCUT2D eigenvalue weighted by atomic mass is 10.1. The fourth-order valence-corrected chi connectivity index (χ4v) is 2.82. The number of methoxy groups -OCH3 is 1. The summed E-state index contributed by atoms with van der Waals surface area (Å²) in [5.74, 6) is -4.51. The predicted octanol–water partition coefficient (Wildman–Crippen LogP) is 1.51. The quantitative estimate of drug-likeness (QED) is 0.586. The van der Waals surface area contributed by atoms with Crippen molar-refractivity contribution in [3.8, 4) is 0 Å². The summed E-state index contributed by atoms with van der Waals surface area (Å²) in [6.45, 7) is 1.14. The number of sulfone groups is 1. The van der Waals surface area contributed by atoms with E-state index in [-0.39, 0.29) is 12.0 Å². The Bertz CT molecular complexity index is 655. The Hall–Kier alpha value is -1.83. The number of hydrogen-bond donors (Lipinski definition) is 0. The topological polar surface area (TPSA) is 77.5 Å². The lowest BCUT2D eigenvalue weighted by molar-refractivity contribution is -0.140. The Morgan fingerprint density at radius 1 is 1.24 bits per heavy atom. The Morgan fingerprint density at radius 2 is 1.86 bits per heavy atom. The van der Waals surface area contributed by atoms with E-state index in [0.717, 1.165) is 26.2 Å². The molecule has 116 valence electrons. The molecule has 0 bridgehead atoms. The summed E-state index contributed by atoms with van der Waals surface area (Å²) < 4.78 is 54.0. The minimum absolute atomic E-state index is 0.247. The highest BCUT2D eigenvalue weighted by Gasteiger charge is 2.29. The Labute approximate surface area is 120 Å². The van der Waals surface area contributed by atoms with Crippen LogP contribution in [-0.4, -0.2) is 38.3 Å². The van der Waals surface area contributed by atoms with Gasteiger partial charge in [0.05, 0.1) is 19.3 Å². The number of ether oxygens (including phenoxy) is 1. The van der Waals surface area contributed by atoms with E-state index in [1.807, 2.05) is 0 Å². The monoisotopic (exact) mass is 320 g/mol. The second-order valence-electron chi connectivity index (χ2n) is 4.33. The minimum atomic E-state index is -3.90. The van der Waals surface area contributed by atoms with E-state index in [1.165, 1.54) is 0 Å². The molecule has 1 aromatic carbocycles. The zero-order valence-electron chi connectivity index (χ0n) is 11.4. The van der Waals surface area contributed by atoms with Crippen molar-refractivity contribution < 1.29 is 31.5 Å². The third-order valence-electron chi connectivity index (χ3n) is 2.93. The maximum Gasteiger partial charge on any atom is 0.306 e. The molecule has 1 aromatic rings. The molecule has 0 aliphatic carbocycles. The van der Waals surface area contributed by atoms with E-state index in [1.54, 1.807) is 0 Å². The molecule has 0 saturated heterocycles. The molecule has 8 heteroatoms. The van der Waals surface area contributed by atoms with Crippen LogP contribution in [0.1, 0.15) is 23.7 Å². The Morgan fingerprint density at radius 3 is 2.38 bits per heavy atom. The van der Waals surface area contributed by atoms with Crippen molar-refractivity contribution in [3.05, 3.63) is 35.4 Å². The van der Waals surface area contributed by atoms with Crippen molar-refractivity contribution in [2.45, 2.75) is 18.6 Å². The molecule has 1 unspecified atom stereocenters. The summed E-state index contributed by atoms with van der Waals surface area (Å²) in [5, 5.41) is -1.47. The number of rotatable bonds is 6. The van der Waals surface area contributed by atoms with Crippen LogP contribution in [-0.2, 0) is 19.4 Å². The average Bonchev–Trinajstić information content (AvgIpc) is 2.46. The second-order valence-corrected chi connectivity index (χ2v) is 6.77. The van der Waals surface area contributed by atoms with E-state index < -0.39 is 44.2 Å². The number of Topliss-reactive ketones (excluding diaryl/α,β-unsaturated/α-hetero) is 1. The predicted molar refractivity (Wildman–Crippen MR) is 70.6 cm³/mol. The first-order chi connectivity index (χ1) is 9.69. The maximum absolute atomic E-state index is 13.1. The third-order valence-corrected chi connectivity index (χ3v) is 4.99. The van der Waals surface area contributed by atoms with Gasteiger partial charge in [-0.05, 0) is 25.1 Å². The molecule has 5 nitrogen and oxygen atoms in total. The van der Waals surface area contributed by atoms with Gasteiger partial charge >= 0.3 is 5.97 Å². The molecular weight excluding hydrogens is 306 g/mol. The van der Waals surface area contributed by atoms with Gasteiger partial charge in [-0.1, -0.05) is 0 Å². The lowest BCUT2D eigenvalue weighted by Crippen LogP contribution is -2.30. The molecule has 0 aliphatic rings. The van der Waals surface area contributed by atoms with Gasteiger partial charge in [-0.2, -0.15) is 0 Å². The van der Waals surface area contributed by atoms with Gasteiger partial charge in [0.15, 0.2) is 27.3 Å². The molecular formula is C13H14F2O5S. The third kappa shape index (κ3) is 4.32. The van der Waals surface area contributed by atoms with Gasteiger partial charge in [-0.3, -0.25) is 9.59 Å². The molecule has 0 saturated carbocycles. The van der Waals surface area contributed by atoms with Crippen molar-refractivity contribution in [2.24, 2.45) is 0 Å². The van der Waals surface area contributed by atoms with Gasteiger partial charge in [-0.15, -0.1) is 0 Å². The van der Waals surface area contributed by atoms with Gasteiger partial charge in [0.25, 0.3) is 0 Å². The maximum atomic E-state index is 13.1. The van der Waals surface area contributed by atoms with Crippen LogP contribution in [0.4, 0.5) is 8.78 Å². The Kier molecular flexibility index (Phi) is 5.54. The molecule has 0 radical (unpaired) electrons. The minimum Gasteiger partial charge on any atom is -0.469 e. The van der Waals surface area contributed by atoms with E-state index in [2.05, 4.69) is 4.74 Å². The molecule has 21 heavy (non-hydrogen) atoms. The van der Waals surface area contributed by atoms with Crippen LogP contribution in [0.25, 0.3) is 0 Å². The second kappa shape index (κ2) is 6.75. The van der Waals surface area contributed by atoms with Crippen LogP contribution in [0, 0.1) is 11.6 Å². The number of hydrogen-bond acceptors (Lipinski definition) is 5. The Balaban J connectivity index is 2.90. The van der Waals surface area contributed by atoms with Crippen LogP contribution in [0.2, 0.25) is 0 Å². The molecule has 1 rings (SSSR count). The smallest absolute Gasteiger partial charge is 0.306 e. The highest BCUT2D eigenvalue weighted by molar-refractivity contribution is 7.92. The van der Waals surface area contributed by atoms with E-state index in [9.17, 15) is 26.8 Å². The number of ketones is 1. The first kappa shape index (κ1) is 17.2. The first-order valence-electron chi connectivity index (χ1n) is 5.96. The standard InChI is InChI=1S/C13H14F2O5S/c1-8(21(18,19)6-5-12(16)20-2)13(17)9-3-4-10(14)11(15)7-9/h3-4,7-8H,5-6H2,1-2H3. The summed E-state index contributed by atoms with van der Waals surface area (Å²) in [6.07, 6.45) is -0.381. The molecule has 0 aromatic heterocycles. The number of benzene rings is 1. The molecule has 0 amide bonds. The van der Waals surface area contributed by atoms with Crippen LogP contribution in [0.3, 0.4) is 0 Å². The highest BCUT2D eigenvalue weighted by atomic mass is 32.2. The molecule has 0 aliphatic heterocycles. The van der Waals surface area contributed by atoms with Crippen molar-refractivity contribution in [2.75, 3.05) is 12.9 Å². The van der Waals surface area contributed by atoms with E-state index >= 15 is 0 Å². The molecule has 0 N–H and O–H groups in total. The van der Waals surface area contributed by atoms with Crippen LogP contribution >= 0.6 is 0 Å². The van der Waals surface area contributed by atoms with Crippen molar-refractivity contribution in [1.29, 1.82) is 0 Å². The van der Waals surface area contributed by atoms with Gasteiger partial charge in [0.2, 0.25) is 0 Å². The fourth-order valence-electron chi connectivity index (χ4n) is 1.55. The molecule has 0 heterocycles. The number of esters is 1. The normalized spacial score (nSPS) is 12.8. The summed E-state index contributed by atoms with van der Waals surface area (Å²) >= 11 is 0. The fraction of sp³-hybridized carbons (Fsp3) is 0.385. The zero-order valence-corrected chi connectivity index (χ0v) is 12.2. The van der Waals surface area contributed by atoms with Crippen molar-refractivity contribution in [3.63, 3.8) is 0 Å². The molecule has 1 atom stereocenters. The summed E-state index contributed by atoms with van der Waals surface area (Å²) in [7, 11) is -2.79. The average molecular weight is 320 g/mol. The SMILES string of the molecule is COC(=O)CCS(=O)(=O)C(C)C(=O)c1ccc(F)c(F)c1. The van der Waals surface area contributed by atoms with Crippen molar-refractivity contribution in [1.82, 2.24) is 0 Å². The van der Waals surface area contributed by atoms with Crippen LogP contribution in [0.15, 0.2) is 18.2 Å². The molecule has 0 fully saturated rings. The highest BCUT2D eigenvalue weighted by Crippen LogP contribution is 2.15. The number of halogens is 2. The van der Waals surface area contributed by atoms with Crippen LogP contribution < -0.4 is 0 Å². The van der Waals surface area contributed by atoms with Crippen molar-refractivity contribution >= 4 is 21.6 Å². The largest absolute Gasteiger partial charge is 0.469 e. The number of carbonyl (C=O) groups is 2. The molecule has 0 spiro atoms. The first-order valence-corrected chi connectivity index (χ1v) is 7.68. The lowest BCUT2D eigenvalue weighted by Gasteiger charge is -2.11. The van der Waals surface area contributed by atoms with Gasteiger partial charge in [0, 0.05) is 5.56 Å². The van der Waals surface area contributed by atoms with Gasteiger partial charge < -0.3 is 4.74 Å². The zero-order chi connectivity index (χ0) is 16.2.